The van der Waals surface area contributed by atoms with Crippen LogP contribution in [-0.2, 0) is 6.54 Å². The molecule has 0 aliphatic heterocycles. The molecule has 2 rings (SSSR count). The lowest BCUT2D eigenvalue weighted by molar-refractivity contribution is 0.474. The zero-order chi connectivity index (χ0) is 13.0. The highest BCUT2D eigenvalue weighted by Crippen LogP contribution is 2.18. The minimum absolute atomic E-state index is 0.321. The highest BCUT2D eigenvalue weighted by Gasteiger charge is 2.07. The van der Waals surface area contributed by atoms with Crippen molar-refractivity contribution in [2.24, 2.45) is 0 Å². The van der Waals surface area contributed by atoms with Crippen molar-refractivity contribution in [1.29, 1.82) is 0 Å². The summed E-state index contributed by atoms with van der Waals surface area (Å²) in [6.45, 7) is 2.96. The van der Waals surface area contributed by atoms with Gasteiger partial charge in [0.15, 0.2) is 0 Å². The smallest absolute Gasteiger partial charge is 0.115 e. The summed E-state index contributed by atoms with van der Waals surface area (Å²) in [5, 5.41) is 12.7. The van der Waals surface area contributed by atoms with Crippen molar-refractivity contribution in [3.05, 3.63) is 53.9 Å². The maximum absolute atomic E-state index is 9.44. The van der Waals surface area contributed by atoms with E-state index < -0.39 is 0 Å². The maximum atomic E-state index is 9.44. The number of phenols is 1. The van der Waals surface area contributed by atoms with Crippen molar-refractivity contribution in [2.45, 2.75) is 25.9 Å². The zero-order valence-electron chi connectivity index (χ0n) is 10.9. The number of rotatable bonds is 5. The molecule has 1 unspecified atom stereocenters. The second-order valence-electron chi connectivity index (χ2n) is 4.54. The van der Waals surface area contributed by atoms with Crippen LogP contribution in [0.25, 0.3) is 0 Å². The molecule has 3 nitrogen and oxygen atoms in total. The number of nitrogens with zero attached hydrogens (tertiary/aromatic N) is 1. The van der Waals surface area contributed by atoms with E-state index in [1.165, 1.54) is 5.56 Å². The molecule has 2 N–H and O–H groups in total. The third-order valence-corrected chi connectivity index (χ3v) is 3.21. The standard InChI is InChI=1S/C15H20N2O/c1-3-15(16-2)13-7-8-17(11-13)10-12-5-4-6-14(18)9-12/h4-9,11,15-16,18H,3,10H2,1-2H3. The van der Waals surface area contributed by atoms with Gasteiger partial charge in [-0.05, 0) is 42.8 Å². The SMILES string of the molecule is CCC(NC)c1ccn(Cc2cccc(O)c2)c1. The summed E-state index contributed by atoms with van der Waals surface area (Å²) in [5.74, 6) is 0.321. The van der Waals surface area contributed by atoms with Gasteiger partial charge in [0.2, 0.25) is 0 Å². The maximum Gasteiger partial charge on any atom is 0.115 e. The van der Waals surface area contributed by atoms with Crippen molar-refractivity contribution >= 4 is 0 Å². The largest absolute Gasteiger partial charge is 0.508 e. The third kappa shape index (κ3) is 2.93. The van der Waals surface area contributed by atoms with Crippen LogP contribution in [0.3, 0.4) is 0 Å². The molecule has 0 saturated carbocycles. The Morgan fingerprint density at radius 1 is 1.33 bits per heavy atom. The molecule has 2 aromatic rings. The van der Waals surface area contributed by atoms with E-state index in [1.54, 1.807) is 12.1 Å². The van der Waals surface area contributed by atoms with Crippen molar-refractivity contribution in [1.82, 2.24) is 9.88 Å². The van der Waals surface area contributed by atoms with Crippen LogP contribution in [0, 0.1) is 0 Å². The fraction of sp³-hybridized carbons (Fsp3) is 0.333. The second-order valence-corrected chi connectivity index (χ2v) is 4.54. The van der Waals surface area contributed by atoms with Crippen molar-refractivity contribution in [3.63, 3.8) is 0 Å². The summed E-state index contributed by atoms with van der Waals surface area (Å²) in [4.78, 5) is 0. The van der Waals surface area contributed by atoms with Crippen LogP contribution in [0.2, 0.25) is 0 Å². The average molecular weight is 244 g/mol. The topological polar surface area (TPSA) is 37.2 Å². The Bertz CT molecular complexity index is 501. The number of hydrogen-bond donors (Lipinski definition) is 2. The van der Waals surface area contributed by atoms with Crippen LogP contribution in [-0.4, -0.2) is 16.7 Å². The van der Waals surface area contributed by atoms with Gasteiger partial charge < -0.3 is 15.0 Å². The van der Waals surface area contributed by atoms with Gasteiger partial charge in [0.25, 0.3) is 0 Å². The lowest BCUT2D eigenvalue weighted by atomic mass is 10.1. The van der Waals surface area contributed by atoms with Gasteiger partial charge in [-0.2, -0.15) is 0 Å². The number of aromatic nitrogens is 1. The van der Waals surface area contributed by atoms with Crippen LogP contribution in [0.15, 0.2) is 42.7 Å². The van der Waals surface area contributed by atoms with Gasteiger partial charge in [0.1, 0.15) is 5.75 Å². The Kier molecular flexibility index (Phi) is 4.05. The molecule has 1 aromatic carbocycles. The highest BCUT2D eigenvalue weighted by atomic mass is 16.3. The first kappa shape index (κ1) is 12.7. The number of aromatic hydroxyl groups is 1. The molecular formula is C15H20N2O. The number of benzene rings is 1. The van der Waals surface area contributed by atoms with Crippen LogP contribution in [0.4, 0.5) is 0 Å². The van der Waals surface area contributed by atoms with Gasteiger partial charge in [0.05, 0.1) is 0 Å². The fourth-order valence-corrected chi connectivity index (χ4v) is 2.24. The van der Waals surface area contributed by atoms with Gasteiger partial charge in [-0.25, -0.2) is 0 Å². The predicted molar refractivity (Wildman–Crippen MR) is 73.7 cm³/mol. The van der Waals surface area contributed by atoms with E-state index in [4.69, 9.17) is 0 Å². The third-order valence-electron chi connectivity index (χ3n) is 3.21. The molecular weight excluding hydrogens is 224 g/mol. The summed E-state index contributed by atoms with van der Waals surface area (Å²) in [6.07, 6.45) is 5.32. The molecule has 1 aromatic heterocycles. The van der Waals surface area contributed by atoms with Crippen LogP contribution in [0.5, 0.6) is 5.75 Å². The van der Waals surface area contributed by atoms with Gasteiger partial charge in [-0.1, -0.05) is 19.1 Å². The molecule has 1 heterocycles. The van der Waals surface area contributed by atoms with E-state index in [1.807, 2.05) is 19.2 Å². The average Bonchev–Trinajstić information content (AvgIpc) is 2.79. The van der Waals surface area contributed by atoms with E-state index in [-0.39, 0.29) is 0 Å². The zero-order valence-corrected chi connectivity index (χ0v) is 10.9. The van der Waals surface area contributed by atoms with E-state index in [0.717, 1.165) is 18.5 Å². The molecule has 0 amide bonds. The number of nitrogens with one attached hydrogen (secondary N) is 1. The Morgan fingerprint density at radius 2 is 2.17 bits per heavy atom. The van der Waals surface area contributed by atoms with Crippen LogP contribution in [0.1, 0.15) is 30.5 Å². The minimum atomic E-state index is 0.321. The van der Waals surface area contributed by atoms with Crippen molar-refractivity contribution in [2.75, 3.05) is 7.05 Å². The van der Waals surface area contributed by atoms with Gasteiger partial charge in [-0.3, -0.25) is 0 Å². The summed E-state index contributed by atoms with van der Waals surface area (Å²) in [5.41, 5.74) is 2.41. The molecule has 0 bridgehead atoms. The lowest BCUT2D eigenvalue weighted by Gasteiger charge is -2.11. The number of hydrogen-bond acceptors (Lipinski definition) is 2. The second kappa shape index (κ2) is 5.74. The summed E-state index contributed by atoms with van der Waals surface area (Å²) in [7, 11) is 1.99. The van der Waals surface area contributed by atoms with E-state index in [9.17, 15) is 5.11 Å². The molecule has 0 aliphatic rings. The molecule has 1 atom stereocenters. The predicted octanol–water partition coefficient (Wildman–Crippen LogP) is 2.91. The quantitative estimate of drug-likeness (QED) is 0.848. The lowest BCUT2D eigenvalue weighted by Crippen LogP contribution is -2.14. The first-order valence-corrected chi connectivity index (χ1v) is 6.33. The van der Waals surface area contributed by atoms with Crippen molar-refractivity contribution in [3.8, 4) is 5.75 Å². The molecule has 0 fully saturated rings. The normalized spacial score (nSPS) is 12.6. The van der Waals surface area contributed by atoms with Gasteiger partial charge in [0, 0.05) is 25.0 Å². The minimum Gasteiger partial charge on any atom is -0.508 e. The Hall–Kier alpha value is -1.74. The Labute approximate surface area is 108 Å². The molecule has 18 heavy (non-hydrogen) atoms. The monoisotopic (exact) mass is 244 g/mol. The Balaban J connectivity index is 2.11. The molecule has 0 radical (unpaired) electrons. The van der Waals surface area contributed by atoms with Crippen molar-refractivity contribution < 1.29 is 5.11 Å². The summed E-state index contributed by atoms with van der Waals surface area (Å²) in [6, 6.07) is 9.95. The van der Waals surface area contributed by atoms with Crippen LogP contribution < -0.4 is 5.32 Å². The first-order valence-electron chi connectivity index (χ1n) is 6.33. The van der Waals surface area contributed by atoms with E-state index in [2.05, 4.69) is 35.3 Å². The molecule has 0 spiro atoms. The van der Waals surface area contributed by atoms with Gasteiger partial charge >= 0.3 is 0 Å². The fourth-order valence-electron chi connectivity index (χ4n) is 2.24. The van der Waals surface area contributed by atoms with E-state index in [0.29, 0.717) is 11.8 Å². The van der Waals surface area contributed by atoms with E-state index >= 15 is 0 Å². The van der Waals surface area contributed by atoms with Gasteiger partial charge in [-0.15, -0.1) is 0 Å². The summed E-state index contributed by atoms with van der Waals surface area (Å²) < 4.78 is 2.14. The molecule has 96 valence electrons. The first-order chi connectivity index (χ1) is 8.72. The Morgan fingerprint density at radius 3 is 2.83 bits per heavy atom. The number of phenolic OH excluding ortho intramolecular Hbond substituents is 1. The highest BCUT2D eigenvalue weighted by molar-refractivity contribution is 5.27. The van der Waals surface area contributed by atoms with Crippen LogP contribution >= 0.6 is 0 Å². The molecule has 3 heteroatoms. The molecule has 0 aliphatic carbocycles. The summed E-state index contributed by atoms with van der Waals surface area (Å²) >= 11 is 0. The molecule has 0 saturated heterocycles.